The zero-order valence-corrected chi connectivity index (χ0v) is 15.9. The van der Waals surface area contributed by atoms with Crippen molar-refractivity contribution in [3.63, 3.8) is 0 Å². The Bertz CT molecular complexity index is 1200. The normalized spacial score (nSPS) is 10.5. The van der Waals surface area contributed by atoms with Gasteiger partial charge in [0.25, 0.3) is 5.91 Å². The third-order valence-electron chi connectivity index (χ3n) is 4.23. The van der Waals surface area contributed by atoms with Gasteiger partial charge in [0.1, 0.15) is 23.7 Å². The molecule has 1 amide bonds. The van der Waals surface area contributed by atoms with E-state index in [4.69, 9.17) is 13.9 Å². The van der Waals surface area contributed by atoms with Crippen LogP contribution >= 0.6 is 0 Å². The number of fused-ring (bicyclic) bond motifs is 1. The Balaban J connectivity index is 1.29. The Morgan fingerprint density at radius 3 is 2.57 bits per heavy atom. The lowest BCUT2D eigenvalue weighted by Crippen LogP contribution is -2.20. The first-order valence-corrected chi connectivity index (χ1v) is 9.24. The summed E-state index contributed by atoms with van der Waals surface area (Å²) in [5.74, 6) is 0.811. The Hall–Kier alpha value is -4.13. The van der Waals surface area contributed by atoms with Gasteiger partial charge in [-0.2, -0.15) is 0 Å². The van der Waals surface area contributed by atoms with E-state index in [1.165, 1.54) is 6.07 Å². The third-order valence-corrected chi connectivity index (χ3v) is 4.23. The molecule has 0 atom stereocenters. The quantitative estimate of drug-likeness (QED) is 0.473. The zero-order chi connectivity index (χ0) is 20.8. The largest absolute Gasteiger partial charge is 0.489 e. The molecule has 2 aromatic heterocycles. The molecule has 0 radical (unpaired) electrons. The van der Waals surface area contributed by atoms with Crippen LogP contribution in [-0.4, -0.2) is 17.5 Å². The molecule has 4 aromatic rings. The second-order valence-electron chi connectivity index (χ2n) is 6.47. The summed E-state index contributed by atoms with van der Waals surface area (Å²) in [6.45, 7) is 0.237. The van der Waals surface area contributed by atoms with Crippen LogP contribution in [0.15, 0.2) is 88.3 Å². The number of carbonyl (C=O) groups excluding carboxylic acids is 1. The average Bonchev–Trinajstić information content (AvgIpc) is 2.77. The van der Waals surface area contributed by atoms with Crippen LogP contribution in [-0.2, 0) is 11.4 Å². The lowest BCUT2D eigenvalue weighted by Gasteiger charge is -2.09. The van der Waals surface area contributed by atoms with E-state index < -0.39 is 5.63 Å². The summed E-state index contributed by atoms with van der Waals surface area (Å²) in [6, 6.07) is 18.9. The standard InChI is InChI=1S/C23H18N2O5/c26-22(15-29-20-7-3-17-4-10-23(27)30-21(17)12-20)25-18-5-8-19(9-6-18)28-14-16-2-1-11-24-13-16/h1-13H,14-15H2,(H,25,26). The van der Waals surface area contributed by atoms with E-state index in [2.05, 4.69) is 10.3 Å². The first-order chi connectivity index (χ1) is 14.7. The Morgan fingerprint density at radius 1 is 0.967 bits per heavy atom. The van der Waals surface area contributed by atoms with E-state index in [1.54, 1.807) is 60.9 Å². The van der Waals surface area contributed by atoms with Gasteiger partial charge in [-0.25, -0.2) is 4.79 Å². The summed E-state index contributed by atoms with van der Waals surface area (Å²) in [7, 11) is 0. The predicted octanol–water partition coefficient (Wildman–Crippen LogP) is 3.78. The lowest BCUT2D eigenvalue weighted by molar-refractivity contribution is -0.118. The van der Waals surface area contributed by atoms with Crippen molar-refractivity contribution in [2.75, 3.05) is 11.9 Å². The highest BCUT2D eigenvalue weighted by molar-refractivity contribution is 5.92. The summed E-state index contributed by atoms with van der Waals surface area (Å²) in [4.78, 5) is 27.5. The van der Waals surface area contributed by atoms with Gasteiger partial charge in [-0.15, -0.1) is 0 Å². The number of benzene rings is 2. The number of ether oxygens (including phenoxy) is 2. The minimum atomic E-state index is -0.440. The van der Waals surface area contributed by atoms with E-state index in [9.17, 15) is 9.59 Å². The van der Waals surface area contributed by atoms with Crippen LogP contribution in [0.3, 0.4) is 0 Å². The number of hydrogen-bond acceptors (Lipinski definition) is 6. The maximum absolute atomic E-state index is 12.2. The molecule has 0 bridgehead atoms. The van der Waals surface area contributed by atoms with Crippen molar-refractivity contribution in [2.45, 2.75) is 6.61 Å². The van der Waals surface area contributed by atoms with Gasteiger partial charge in [-0.1, -0.05) is 6.07 Å². The van der Waals surface area contributed by atoms with E-state index in [0.29, 0.717) is 29.4 Å². The zero-order valence-electron chi connectivity index (χ0n) is 15.9. The van der Waals surface area contributed by atoms with Crippen LogP contribution in [0.2, 0.25) is 0 Å². The number of pyridine rings is 1. The van der Waals surface area contributed by atoms with Crippen LogP contribution in [0.4, 0.5) is 5.69 Å². The predicted molar refractivity (Wildman–Crippen MR) is 112 cm³/mol. The van der Waals surface area contributed by atoms with Gasteiger partial charge in [0, 0.05) is 41.2 Å². The van der Waals surface area contributed by atoms with Gasteiger partial charge in [-0.3, -0.25) is 9.78 Å². The van der Waals surface area contributed by atoms with E-state index >= 15 is 0 Å². The first-order valence-electron chi connectivity index (χ1n) is 9.24. The molecule has 4 rings (SSSR count). The highest BCUT2D eigenvalue weighted by Gasteiger charge is 2.06. The number of rotatable bonds is 7. The molecule has 0 saturated carbocycles. The van der Waals surface area contributed by atoms with Crippen LogP contribution in [0.5, 0.6) is 11.5 Å². The molecule has 0 aliphatic rings. The molecule has 0 fully saturated rings. The van der Waals surface area contributed by atoms with Gasteiger partial charge >= 0.3 is 5.63 Å². The second kappa shape index (κ2) is 8.91. The SMILES string of the molecule is O=C(COc1ccc2ccc(=O)oc2c1)Nc1ccc(OCc2cccnc2)cc1. The third kappa shape index (κ3) is 5.02. The monoisotopic (exact) mass is 402 g/mol. The fourth-order valence-electron chi connectivity index (χ4n) is 2.76. The number of aromatic nitrogens is 1. The fraction of sp³-hybridized carbons (Fsp3) is 0.0870. The molecule has 150 valence electrons. The van der Waals surface area contributed by atoms with E-state index in [-0.39, 0.29) is 12.5 Å². The molecule has 2 aromatic carbocycles. The fourth-order valence-corrected chi connectivity index (χ4v) is 2.76. The Kier molecular flexibility index (Phi) is 5.70. The summed E-state index contributed by atoms with van der Waals surface area (Å²) in [5, 5.41) is 3.53. The molecular weight excluding hydrogens is 384 g/mol. The highest BCUT2D eigenvalue weighted by atomic mass is 16.5. The molecule has 0 aliphatic carbocycles. The Labute approximate surface area is 171 Å². The lowest BCUT2D eigenvalue weighted by atomic mass is 10.2. The van der Waals surface area contributed by atoms with Crippen molar-refractivity contribution in [2.24, 2.45) is 0 Å². The number of hydrogen-bond donors (Lipinski definition) is 1. The van der Waals surface area contributed by atoms with Crippen LogP contribution < -0.4 is 20.4 Å². The topological polar surface area (TPSA) is 90.7 Å². The van der Waals surface area contributed by atoms with Gasteiger partial charge in [0.2, 0.25) is 0 Å². The molecule has 1 N–H and O–H groups in total. The molecular formula is C23H18N2O5. The molecule has 0 spiro atoms. The summed E-state index contributed by atoms with van der Waals surface area (Å²) >= 11 is 0. The van der Waals surface area contributed by atoms with Crippen molar-refractivity contribution in [3.05, 3.63) is 95.1 Å². The van der Waals surface area contributed by atoms with Crippen LogP contribution in [0.1, 0.15) is 5.56 Å². The summed E-state index contributed by atoms with van der Waals surface area (Å²) in [6.07, 6.45) is 3.46. The molecule has 0 aliphatic heterocycles. The van der Waals surface area contributed by atoms with Crippen molar-refractivity contribution in [1.29, 1.82) is 0 Å². The smallest absolute Gasteiger partial charge is 0.336 e. The number of nitrogens with one attached hydrogen (secondary N) is 1. The molecule has 7 nitrogen and oxygen atoms in total. The van der Waals surface area contributed by atoms with Crippen LogP contribution in [0.25, 0.3) is 11.0 Å². The first kappa shape index (κ1) is 19.2. The molecule has 2 heterocycles. The maximum atomic E-state index is 12.2. The van der Waals surface area contributed by atoms with E-state index in [0.717, 1.165) is 10.9 Å². The summed E-state index contributed by atoms with van der Waals surface area (Å²) < 4.78 is 16.3. The number of carbonyl (C=O) groups is 1. The van der Waals surface area contributed by atoms with Gasteiger partial charge in [-0.05, 0) is 48.5 Å². The minimum Gasteiger partial charge on any atom is -0.489 e. The number of anilines is 1. The number of amides is 1. The number of nitrogens with zero attached hydrogens (tertiary/aromatic N) is 1. The van der Waals surface area contributed by atoms with Crippen molar-refractivity contribution in [1.82, 2.24) is 4.98 Å². The second-order valence-corrected chi connectivity index (χ2v) is 6.47. The van der Waals surface area contributed by atoms with Crippen molar-refractivity contribution >= 4 is 22.6 Å². The van der Waals surface area contributed by atoms with Crippen molar-refractivity contribution in [3.8, 4) is 11.5 Å². The minimum absolute atomic E-state index is 0.179. The van der Waals surface area contributed by atoms with Crippen LogP contribution in [0, 0.1) is 0 Å². The summed E-state index contributed by atoms with van der Waals surface area (Å²) in [5.41, 5.74) is 1.56. The Morgan fingerprint density at radius 2 is 1.77 bits per heavy atom. The molecule has 0 unspecified atom stereocenters. The van der Waals surface area contributed by atoms with Gasteiger partial charge < -0.3 is 19.2 Å². The van der Waals surface area contributed by atoms with Gasteiger partial charge in [0.15, 0.2) is 6.61 Å². The maximum Gasteiger partial charge on any atom is 0.336 e. The van der Waals surface area contributed by atoms with Crippen molar-refractivity contribution < 1.29 is 18.7 Å². The van der Waals surface area contributed by atoms with Gasteiger partial charge in [0.05, 0.1) is 0 Å². The molecule has 30 heavy (non-hydrogen) atoms. The highest BCUT2D eigenvalue weighted by Crippen LogP contribution is 2.20. The average molecular weight is 402 g/mol. The molecule has 7 heteroatoms. The molecule has 0 saturated heterocycles. The van der Waals surface area contributed by atoms with E-state index in [1.807, 2.05) is 12.1 Å².